The highest BCUT2D eigenvalue weighted by atomic mass is 32.2. The van der Waals surface area contributed by atoms with E-state index in [0.29, 0.717) is 46.7 Å². The van der Waals surface area contributed by atoms with Gasteiger partial charge >= 0.3 is 0 Å². The number of benzene rings is 1. The predicted molar refractivity (Wildman–Crippen MR) is 128 cm³/mol. The third-order valence-corrected chi connectivity index (χ3v) is 8.27. The molecule has 1 amide bonds. The number of amides is 1. The molecule has 4 heterocycles. The van der Waals surface area contributed by atoms with Crippen molar-refractivity contribution in [2.75, 3.05) is 31.8 Å². The number of rotatable bonds is 6. The first kappa shape index (κ1) is 22.8. The third-order valence-electron chi connectivity index (χ3n) is 6.52. The summed E-state index contributed by atoms with van der Waals surface area (Å²) in [5, 5.41) is 8.29. The molecular formula is C24H28N4O5S. The van der Waals surface area contributed by atoms with Gasteiger partial charge in [0.15, 0.2) is 15.5 Å². The summed E-state index contributed by atoms with van der Waals surface area (Å²) < 4.78 is 37.0. The first-order valence-electron chi connectivity index (χ1n) is 11.5. The number of aryl methyl sites for hydroxylation is 1. The van der Waals surface area contributed by atoms with Gasteiger partial charge in [-0.15, -0.1) is 0 Å². The van der Waals surface area contributed by atoms with Crippen LogP contribution in [-0.4, -0.2) is 67.0 Å². The summed E-state index contributed by atoms with van der Waals surface area (Å²) >= 11 is 0. The van der Waals surface area contributed by atoms with Gasteiger partial charge in [0, 0.05) is 18.7 Å². The summed E-state index contributed by atoms with van der Waals surface area (Å²) in [7, 11) is -1.52. The van der Waals surface area contributed by atoms with Crippen LogP contribution in [0.5, 0.6) is 5.75 Å². The fourth-order valence-corrected chi connectivity index (χ4v) is 6.44. The van der Waals surface area contributed by atoms with E-state index in [0.717, 1.165) is 25.0 Å². The van der Waals surface area contributed by atoms with Crippen LogP contribution >= 0.6 is 0 Å². The number of aromatic nitrogens is 3. The number of nitrogens with one attached hydrogen (secondary N) is 1. The molecule has 0 bridgehead atoms. The van der Waals surface area contributed by atoms with Crippen molar-refractivity contribution in [2.45, 2.75) is 38.3 Å². The van der Waals surface area contributed by atoms with E-state index < -0.39 is 9.84 Å². The van der Waals surface area contributed by atoms with Gasteiger partial charge in [-0.1, -0.05) is 12.1 Å². The maximum Gasteiger partial charge on any atom is 0.252 e. The Balaban J connectivity index is 1.61. The van der Waals surface area contributed by atoms with Crippen LogP contribution in [0.15, 0.2) is 30.3 Å². The lowest BCUT2D eigenvalue weighted by Crippen LogP contribution is -2.32. The van der Waals surface area contributed by atoms with Gasteiger partial charge in [0.25, 0.3) is 5.91 Å². The van der Waals surface area contributed by atoms with Crippen LogP contribution in [0.2, 0.25) is 0 Å². The molecule has 10 heteroatoms. The largest absolute Gasteiger partial charge is 0.497 e. The average molecular weight is 485 g/mol. The van der Waals surface area contributed by atoms with Gasteiger partial charge in [-0.25, -0.2) is 18.1 Å². The zero-order chi connectivity index (χ0) is 23.9. The highest BCUT2D eigenvalue weighted by molar-refractivity contribution is 7.91. The molecule has 2 aromatic heterocycles. The second-order valence-electron chi connectivity index (χ2n) is 8.92. The summed E-state index contributed by atoms with van der Waals surface area (Å²) in [6.45, 7) is 2.98. The lowest BCUT2D eigenvalue weighted by molar-refractivity contribution is 0.0859. The number of methoxy groups -OCH3 is 1. The molecule has 1 N–H and O–H groups in total. The molecule has 0 radical (unpaired) electrons. The summed E-state index contributed by atoms with van der Waals surface area (Å²) in [6, 6.07) is 8.93. The SMILES string of the molecule is COc1cccc(-c2cc(C(=O)NC[C@H]3CCCO3)c3c(C)nn([C@H]4CCS(=O)(=O)C4)c3n2)c1. The normalized spacial score (nSPS) is 21.7. The first-order chi connectivity index (χ1) is 16.3. The fourth-order valence-electron chi connectivity index (χ4n) is 4.75. The molecule has 2 aliphatic heterocycles. The Morgan fingerprint density at radius 3 is 2.85 bits per heavy atom. The fraction of sp³-hybridized carbons (Fsp3) is 0.458. The van der Waals surface area contributed by atoms with Crippen molar-refractivity contribution in [1.29, 1.82) is 0 Å². The van der Waals surface area contributed by atoms with Crippen molar-refractivity contribution < 1.29 is 22.7 Å². The van der Waals surface area contributed by atoms with E-state index in [4.69, 9.17) is 14.5 Å². The van der Waals surface area contributed by atoms with Gasteiger partial charge in [-0.05, 0) is 44.4 Å². The van der Waals surface area contributed by atoms with E-state index >= 15 is 0 Å². The number of fused-ring (bicyclic) bond motifs is 1. The van der Waals surface area contributed by atoms with Gasteiger partial charge in [0.2, 0.25) is 0 Å². The molecule has 2 fully saturated rings. The molecule has 0 spiro atoms. The number of carbonyl (C=O) groups is 1. The Kier molecular flexibility index (Phi) is 6.03. The second-order valence-corrected chi connectivity index (χ2v) is 11.1. The van der Waals surface area contributed by atoms with Crippen molar-refractivity contribution in [3.63, 3.8) is 0 Å². The average Bonchev–Trinajstić information content (AvgIpc) is 3.56. The monoisotopic (exact) mass is 484 g/mol. The molecule has 0 aliphatic carbocycles. The number of sulfone groups is 1. The van der Waals surface area contributed by atoms with Crippen LogP contribution in [0.25, 0.3) is 22.3 Å². The molecule has 180 valence electrons. The molecule has 34 heavy (non-hydrogen) atoms. The molecule has 2 aliphatic rings. The highest BCUT2D eigenvalue weighted by Gasteiger charge is 2.32. The van der Waals surface area contributed by atoms with Crippen molar-refractivity contribution in [3.05, 3.63) is 41.6 Å². The predicted octanol–water partition coefficient (Wildman–Crippen LogP) is 2.68. The van der Waals surface area contributed by atoms with Crippen molar-refractivity contribution >= 4 is 26.8 Å². The molecule has 5 rings (SSSR count). The maximum absolute atomic E-state index is 13.4. The van der Waals surface area contributed by atoms with Crippen LogP contribution < -0.4 is 10.1 Å². The lowest BCUT2D eigenvalue weighted by atomic mass is 10.0. The van der Waals surface area contributed by atoms with Crippen molar-refractivity contribution in [3.8, 4) is 17.0 Å². The van der Waals surface area contributed by atoms with Gasteiger partial charge < -0.3 is 14.8 Å². The quantitative estimate of drug-likeness (QED) is 0.572. The molecule has 0 saturated carbocycles. The summed E-state index contributed by atoms with van der Waals surface area (Å²) in [5.74, 6) is 0.598. The number of carbonyl (C=O) groups excluding carboxylic acids is 1. The minimum absolute atomic E-state index is 0.0200. The zero-order valence-electron chi connectivity index (χ0n) is 19.3. The number of ether oxygens (including phenoxy) is 2. The van der Waals surface area contributed by atoms with Crippen LogP contribution in [0, 0.1) is 6.92 Å². The maximum atomic E-state index is 13.4. The highest BCUT2D eigenvalue weighted by Crippen LogP contribution is 2.32. The molecule has 0 unspecified atom stereocenters. The van der Waals surface area contributed by atoms with Crippen molar-refractivity contribution in [2.24, 2.45) is 0 Å². The lowest BCUT2D eigenvalue weighted by Gasteiger charge is -2.14. The molecule has 2 saturated heterocycles. The van der Waals surface area contributed by atoms with Crippen LogP contribution in [0.3, 0.4) is 0 Å². The van der Waals surface area contributed by atoms with Gasteiger partial charge in [-0.2, -0.15) is 5.10 Å². The number of pyridine rings is 1. The van der Waals surface area contributed by atoms with Gasteiger partial charge in [-0.3, -0.25) is 4.79 Å². The Morgan fingerprint density at radius 1 is 1.29 bits per heavy atom. The number of hydrogen-bond acceptors (Lipinski definition) is 7. The molecule has 2 atom stereocenters. The van der Waals surface area contributed by atoms with E-state index in [9.17, 15) is 13.2 Å². The van der Waals surface area contributed by atoms with E-state index in [1.54, 1.807) is 17.9 Å². The smallest absolute Gasteiger partial charge is 0.252 e. The Hall–Kier alpha value is -2.98. The van der Waals surface area contributed by atoms with Crippen LogP contribution in [0.1, 0.15) is 41.4 Å². The molecule has 3 aromatic rings. The van der Waals surface area contributed by atoms with E-state index in [-0.39, 0.29) is 29.6 Å². The third kappa shape index (κ3) is 4.39. The van der Waals surface area contributed by atoms with Gasteiger partial charge in [0.05, 0.1) is 53.1 Å². The van der Waals surface area contributed by atoms with Crippen LogP contribution in [-0.2, 0) is 14.6 Å². The van der Waals surface area contributed by atoms with E-state index in [1.807, 2.05) is 31.2 Å². The Morgan fingerprint density at radius 2 is 2.15 bits per heavy atom. The van der Waals surface area contributed by atoms with Crippen LogP contribution in [0.4, 0.5) is 0 Å². The minimum Gasteiger partial charge on any atom is -0.497 e. The molecule has 1 aromatic carbocycles. The topological polar surface area (TPSA) is 112 Å². The summed E-state index contributed by atoms with van der Waals surface area (Å²) in [4.78, 5) is 18.2. The zero-order valence-corrected chi connectivity index (χ0v) is 20.1. The standard InChI is InChI=1S/C24H28N4O5S/c1-15-22-20(24(29)25-13-19-7-4-9-33-19)12-21(16-5-3-6-18(11-16)32-2)26-23(22)28(27-15)17-8-10-34(30,31)14-17/h3,5-6,11-12,17,19H,4,7-10,13-14H2,1-2H3,(H,25,29)/t17-,19+/m0/s1. The first-order valence-corrected chi connectivity index (χ1v) is 13.3. The van der Waals surface area contributed by atoms with Crippen molar-refractivity contribution in [1.82, 2.24) is 20.1 Å². The summed E-state index contributed by atoms with van der Waals surface area (Å²) in [6.07, 6.45) is 2.42. The minimum atomic E-state index is -3.12. The number of hydrogen-bond donors (Lipinski definition) is 1. The molecular weight excluding hydrogens is 456 g/mol. The Bertz CT molecular complexity index is 1340. The van der Waals surface area contributed by atoms with E-state index in [2.05, 4.69) is 10.4 Å². The van der Waals surface area contributed by atoms with Gasteiger partial charge in [0.1, 0.15) is 5.75 Å². The molecule has 9 nitrogen and oxygen atoms in total. The Labute approximate surface area is 198 Å². The number of nitrogens with zero attached hydrogens (tertiary/aromatic N) is 3. The summed E-state index contributed by atoms with van der Waals surface area (Å²) in [5.41, 5.74) is 3.01. The second kappa shape index (κ2) is 8.99. The van der Waals surface area contributed by atoms with E-state index in [1.165, 1.54) is 0 Å².